The van der Waals surface area contributed by atoms with Crippen molar-refractivity contribution >= 4 is 5.97 Å². The second-order valence-corrected chi connectivity index (χ2v) is 5.38. The highest BCUT2D eigenvalue weighted by Gasteiger charge is 2.36. The van der Waals surface area contributed by atoms with Gasteiger partial charge >= 0.3 is 5.97 Å². The molecule has 1 aliphatic heterocycles. The average molecular weight is 266 g/mol. The Morgan fingerprint density at radius 3 is 2.00 bits per heavy atom. The minimum atomic E-state index is -0.0465. The van der Waals surface area contributed by atoms with Gasteiger partial charge in [-0.1, -0.05) is 60.7 Å². The van der Waals surface area contributed by atoms with E-state index in [4.69, 9.17) is 4.74 Å². The minimum Gasteiger partial charge on any atom is -0.465 e. The Morgan fingerprint density at radius 1 is 0.850 bits per heavy atom. The maximum absolute atomic E-state index is 12.0. The molecule has 1 heterocycles. The molecule has 102 valence electrons. The molecule has 0 aromatic heterocycles. The maximum atomic E-state index is 12.0. The van der Waals surface area contributed by atoms with Crippen LogP contribution in [0.25, 0.3) is 0 Å². The molecule has 0 bridgehead atoms. The second-order valence-electron chi connectivity index (χ2n) is 5.38. The number of carbonyl (C=O) groups is 1. The Kier molecular flexibility index (Phi) is 3.82. The zero-order chi connectivity index (χ0) is 13.8. The third kappa shape index (κ3) is 2.90. The van der Waals surface area contributed by atoms with Crippen LogP contribution in [0.2, 0.25) is 0 Å². The molecule has 3 rings (SSSR count). The fraction of sp³-hybridized carbons (Fsp3) is 0.278. The number of hydrogen-bond acceptors (Lipinski definition) is 2. The average Bonchev–Trinajstić information content (AvgIpc) is 2.83. The lowest BCUT2D eigenvalue weighted by Gasteiger charge is -2.15. The van der Waals surface area contributed by atoms with E-state index in [1.165, 1.54) is 11.1 Å². The van der Waals surface area contributed by atoms with E-state index in [0.717, 1.165) is 12.8 Å². The van der Waals surface area contributed by atoms with E-state index in [0.29, 0.717) is 6.61 Å². The van der Waals surface area contributed by atoms with Crippen molar-refractivity contribution in [2.24, 2.45) is 11.8 Å². The number of cyclic esters (lactones) is 1. The minimum absolute atomic E-state index is 0.0161. The van der Waals surface area contributed by atoms with E-state index in [9.17, 15) is 4.79 Å². The van der Waals surface area contributed by atoms with Gasteiger partial charge in [-0.3, -0.25) is 4.79 Å². The van der Waals surface area contributed by atoms with Gasteiger partial charge in [0, 0.05) is 5.92 Å². The lowest BCUT2D eigenvalue weighted by molar-refractivity contribution is -0.141. The first-order valence-corrected chi connectivity index (χ1v) is 7.07. The van der Waals surface area contributed by atoms with Gasteiger partial charge in [-0.2, -0.15) is 0 Å². The molecule has 2 nitrogen and oxygen atoms in total. The second kappa shape index (κ2) is 5.91. The van der Waals surface area contributed by atoms with Crippen molar-refractivity contribution in [3.63, 3.8) is 0 Å². The summed E-state index contributed by atoms with van der Waals surface area (Å²) >= 11 is 0. The topological polar surface area (TPSA) is 26.3 Å². The largest absolute Gasteiger partial charge is 0.465 e. The summed E-state index contributed by atoms with van der Waals surface area (Å²) < 4.78 is 5.28. The molecule has 0 N–H and O–H groups in total. The number of ether oxygens (including phenoxy) is 1. The fourth-order valence-corrected chi connectivity index (χ4v) is 2.84. The molecule has 0 spiro atoms. The Bertz CT molecular complexity index is 562. The summed E-state index contributed by atoms with van der Waals surface area (Å²) in [6.07, 6.45) is 1.68. The van der Waals surface area contributed by atoms with Crippen LogP contribution >= 0.6 is 0 Å². The number of benzene rings is 2. The van der Waals surface area contributed by atoms with Crippen LogP contribution in [0, 0.1) is 11.8 Å². The van der Waals surface area contributed by atoms with Gasteiger partial charge in [0.25, 0.3) is 0 Å². The van der Waals surface area contributed by atoms with Gasteiger partial charge in [-0.15, -0.1) is 0 Å². The quantitative estimate of drug-likeness (QED) is 0.794. The molecule has 20 heavy (non-hydrogen) atoms. The van der Waals surface area contributed by atoms with Crippen LogP contribution in [-0.2, 0) is 22.4 Å². The summed E-state index contributed by atoms with van der Waals surface area (Å²) in [4.78, 5) is 12.0. The molecular formula is C18H18O2. The van der Waals surface area contributed by atoms with Gasteiger partial charge in [-0.25, -0.2) is 0 Å². The molecule has 0 aliphatic carbocycles. The van der Waals surface area contributed by atoms with Crippen LogP contribution < -0.4 is 0 Å². The van der Waals surface area contributed by atoms with Crippen LogP contribution in [0.4, 0.5) is 0 Å². The summed E-state index contributed by atoms with van der Waals surface area (Å²) in [5, 5.41) is 0. The highest BCUT2D eigenvalue weighted by Crippen LogP contribution is 2.28. The van der Waals surface area contributed by atoms with Crippen LogP contribution in [0.5, 0.6) is 0 Å². The third-order valence-corrected chi connectivity index (χ3v) is 3.95. The smallest absolute Gasteiger partial charge is 0.309 e. The van der Waals surface area contributed by atoms with Gasteiger partial charge < -0.3 is 4.74 Å². The molecule has 2 heteroatoms. The number of esters is 1. The highest BCUT2D eigenvalue weighted by molar-refractivity contribution is 5.75. The summed E-state index contributed by atoms with van der Waals surface area (Å²) in [6.45, 7) is 0.547. The van der Waals surface area contributed by atoms with Crippen molar-refractivity contribution in [2.45, 2.75) is 12.8 Å². The molecule has 2 unspecified atom stereocenters. The zero-order valence-electron chi connectivity index (χ0n) is 11.4. The Morgan fingerprint density at radius 2 is 1.40 bits per heavy atom. The van der Waals surface area contributed by atoms with Crippen molar-refractivity contribution in [3.05, 3.63) is 71.8 Å². The van der Waals surface area contributed by atoms with Gasteiger partial charge in [0.05, 0.1) is 12.5 Å². The van der Waals surface area contributed by atoms with E-state index in [-0.39, 0.29) is 17.8 Å². The van der Waals surface area contributed by atoms with E-state index in [1.54, 1.807) is 0 Å². The highest BCUT2D eigenvalue weighted by atomic mass is 16.5. The Hall–Kier alpha value is -2.09. The molecule has 1 fully saturated rings. The van der Waals surface area contributed by atoms with Gasteiger partial charge in [0.2, 0.25) is 0 Å². The number of carbonyl (C=O) groups excluding carboxylic acids is 1. The zero-order valence-corrected chi connectivity index (χ0v) is 11.4. The molecule has 0 radical (unpaired) electrons. The third-order valence-electron chi connectivity index (χ3n) is 3.95. The fourth-order valence-electron chi connectivity index (χ4n) is 2.84. The predicted molar refractivity (Wildman–Crippen MR) is 78.2 cm³/mol. The first-order valence-electron chi connectivity index (χ1n) is 7.07. The lowest BCUT2D eigenvalue weighted by Crippen LogP contribution is -2.20. The SMILES string of the molecule is O=C1OCC(Cc2ccccc2)C1Cc1ccccc1. The van der Waals surface area contributed by atoms with Crippen LogP contribution in [0.3, 0.4) is 0 Å². The Labute approximate surface area is 119 Å². The Balaban J connectivity index is 1.72. The molecule has 2 aromatic carbocycles. The monoisotopic (exact) mass is 266 g/mol. The molecule has 0 amide bonds. The molecule has 1 aliphatic rings. The van der Waals surface area contributed by atoms with E-state index in [2.05, 4.69) is 24.3 Å². The van der Waals surface area contributed by atoms with Crippen LogP contribution in [-0.4, -0.2) is 12.6 Å². The maximum Gasteiger partial charge on any atom is 0.309 e. The molecule has 0 saturated carbocycles. The molecule has 1 saturated heterocycles. The normalized spacial score (nSPS) is 21.7. The van der Waals surface area contributed by atoms with Gasteiger partial charge in [0.15, 0.2) is 0 Å². The summed E-state index contributed by atoms with van der Waals surface area (Å²) in [5.41, 5.74) is 2.48. The standard InChI is InChI=1S/C18H18O2/c19-18-17(12-15-9-5-2-6-10-15)16(13-20-18)11-14-7-3-1-4-8-14/h1-10,16-17H,11-13H2. The van der Waals surface area contributed by atoms with Crippen molar-refractivity contribution in [2.75, 3.05) is 6.61 Å². The van der Waals surface area contributed by atoms with Gasteiger partial charge in [0.1, 0.15) is 0 Å². The van der Waals surface area contributed by atoms with Crippen molar-refractivity contribution < 1.29 is 9.53 Å². The molecular weight excluding hydrogens is 248 g/mol. The first-order chi connectivity index (χ1) is 9.83. The number of hydrogen-bond donors (Lipinski definition) is 0. The number of rotatable bonds is 4. The molecule has 2 aromatic rings. The van der Waals surface area contributed by atoms with Gasteiger partial charge in [-0.05, 0) is 24.0 Å². The van der Waals surface area contributed by atoms with Crippen molar-refractivity contribution in [1.82, 2.24) is 0 Å². The molecule has 2 atom stereocenters. The summed E-state index contributed by atoms with van der Waals surface area (Å²) in [6, 6.07) is 20.5. The predicted octanol–water partition coefficient (Wildman–Crippen LogP) is 3.26. The van der Waals surface area contributed by atoms with Crippen LogP contribution in [0.1, 0.15) is 11.1 Å². The first kappa shape index (κ1) is 12.9. The van der Waals surface area contributed by atoms with Crippen molar-refractivity contribution in [1.29, 1.82) is 0 Å². The van der Waals surface area contributed by atoms with Crippen molar-refractivity contribution in [3.8, 4) is 0 Å². The summed E-state index contributed by atoms with van der Waals surface area (Å²) in [5.74, 6) is 0.220. The van der Waals surface area contributed by atoms with E-state index in [1.807, 2.05) is 36.4 Å². The van der Waals surface area contributed by atoms with E-state index < -0.39 is 0 Å². The van der Waals surface area contributed by atoms with E-state index >= 15 is 0 Å². The summed E-state index contributed by atoms with van der Waals surface area (Å²) in [7, 11) is 0. The van der Waals surface area contributed by atoms with Crippen LogP contribution in [0.15, 0.2) is 60.7 Å². The lowest BCUT2D eigenvalue weighted by atomic mass is 9.85.